The summed E-state index contributed by atoms with van der Waals surface area (Å²) in [6.07, 6.45) is -0.177. The number of nitrogen functional groups attached to an aromatic ring is 1. The van der Waals surface area contributed by atoms with Gasteiger partial charge in [-0.2, -0.15) is 0 Å². The number of alkyl carbamates (subject to hydrolysis) is 1. The first kappa shape index (κ1) is 18.0. The molecule has 1 atom stereocenters. The SMILES string of the molecule is C[C@H](CC(=N)c1ccc(N)cc1CO)NC(=O)OC(C)(C)C. The van der Waals surface area contributed by atoms with Crippen molar-refractivity contribution in [2.75, 3.05) is 5.73 Å². The normalized spacial score (nSPS) is 12.6. The highest BCUT2D eigenvalue weighted by Crippen LogP contribution is 2.16. The van der Waals surface area contributed by atoms with Gasteiger partial charge in [0, 0.05) is 29.4 Å². The van der Waals surface area contributed by atoms with Crippen LogP contribution in [0.5, 0.6) is 0 Å². The first-order valence-electron chi connectivity index (χ1n) is 7.19. The number of carbonyl (C=O) groups is 1. The highest BCUT2D eigenvalue weighted by molar-refractivity contribution is 6.00. The number of anilines is 1. The number of aliphatic hydroxyl groups excluding tert-OH is 1. The number of nitrogens with one attached hydrogen (secondary N) is 2. The molecule has 0 aliphatic rings. The van der Waals surface area contributed by atoms with Crippen LogP contribution in [0.25, 0.3) is 0 Å². The zero-order valence-corrected chi connectivity index (χ0v) is 13.6. The molecule has 0 spiro atoms. The lowest BCUT2D eigenvalue weighted by molar-refractivity contribution is 0.0510. The van der Waals surface area contributed by atoms with E-state index in [1.807, 2.05) is 0 Å². The van der Waals surface area contributed by atoms with Crippen LogP contribution in [0.4, 0.5) is 10.5 Å². The lowest BCUT2D eigenvalue weighted by Crippen LogP contribution is -2.38. The van der Waals surface area contributed by atoms with E-state index in [9.17, 15) is 9.90 Å². The molecule has 0 aliphatic carbocycles. The maximum absolute atomic E-state index is 11.7. The minimum atomic E-state index is -0.557. The molecule has 0 radical (unpaired) electrons. The molecule has 6 nitrogen and oxygen atoms in total. The number of carbonyl (C=O) groups excluding carboxylic acids is 1. The molecule has 0 aliphatic heterocycles. The summed E-state index contributed by atoms with van der Waals surface area (Å²) in [5.74, 6) is 0. The predicted molar refractivity (Wildman–Crippen MR) is 87.1 cm³/mol. The molecule has 0 heterocycles. The molecular weight excluding hydrogens is 282 g/mol. The van der Waals surface area contributed by atoms with Gasteiger partial charge < -0.3 is 26.3 Å². The standard InChI is InChI=1S/C16H25N3O3/c1-10(19-15(21)22-16(2,3)4)7-14(18)13-6-5-12(17)8-11(13)9-20/h5-6,8,10,18,20H,7,9,17H2,1-4H3,(H,19,21)/t10-/m1/s1. The summed E-state index contributed by atoms with van der Waals surface area (Å²) in [5, 5.41) is 20.2. The van der Waals surface area contributed by atoms with E-state index in [0.29, 0.717) is 28.9 Å². The molecule has 0 bridgehead atoms. The van der Waals surface area contributed by atoms with Crippen molar-refractivity contribution >= 4 is 17.5 Å². The van der Waals surface area contributed by atoms with Gasteiger partial charge >= 0.3 is 6.09 Å². The van der Waals surface area contributed by atoms with Crippen LogP contribution in [0.2, 0.25) is 0 Å². The smallest absolute Gasteiger partial charge is 0.407 e. The summed E-state index contributed by atoms with van der Waals surface area (Å²) in [5.41, 5.74) is 7.23. The van der Waals surface area contributed by atoms with Crippen molar-refractivity contribution in [1.29, 1.82) is 5.41 Å². The molecule has 6 heteroatoms. The van der Waals surface area contributed by atoms with E-state index in [-0.39, 0.29) is 12.6 Å². The minimum absolute atomic E-state index is 0.184. The molecule has 0 saturated heterocycles. The Labute approximate surface area is 131 Å². The van der Waals surface area contributed by atoms with Crippen molar-refractivity contribution in [3.05, 3.63) is 29.3 Å². The molecule has 0 saturated carbocycles. The Morgan fingerprint density at radius 3 is 2.64 bits per heavy atom. The highest BCUT2D eigenvalue weighted by Gasteiger charge is 2.19. The van der Waals surface area contributed by atoms with Crippen LogP contribution in [-0.2, 0) is 11.3 Å². The average Bonchev–Trinajstić information content (AvgIpc) is 2.35. The van der Waals surface area contributed by atoms with Crippen molar-refractivity contribution in [2.24, 2.45) is 0 Å². The zero-order valence-electron chi connectivity index (χ0n) is 13.6. The summed E-state index contributed by atoms with van der Waals surface area (Å²) >= 11 is 0. The fourth-order valence-corrected chi connectivity index (χ4v) is 2.01. The van der Waals surface area contributed by atoms with Gasteiger partial charge in [-0.25, -0.2) is 4.79 Å². The third-order valence-corrected chi connectivity index (χ3v) is 2.90. The molecule has 0 aromatic heterocycles. The Bertz CT molecular complexity index is 550. The number of benzene rings is 1. The van der Waals surface area contributed by atoms with Gasteiger partial charge in [0.1, 0.15) is 5.60 Å². The van der Waals surface area contributed by atoms with E-state index >= 15 is 0 Å². The first-order chi connectivity index (χ1) is 10.1. The molecule has 0 fully saturated rings. The fraction of sp³-hybridized carbons (Fsp3) is 0.500. The van der Waals surface area contributed by atoms with Crippen molar-refractivity contribution in [2.45, 2.75) is 52.4 Å². The second-order valence-corrected chi connectivity index (χ2v) is 6.30. The molecule has 1 aromatic carbocycles. The average molecular weight is 307 g/mol. The summed E-state index contributed by atoms with van der Waals surface area (Å²) < 4.78 is 5.18. The summed E-state index contributed by atoms with van der Waals surface area (Å²) in [6, 6.07) is 4.79. The summed E-state index contributed by atoms with van der Waals surface area (Å²) in [7, 11) is 0. The van der Waals surface area contributed by atoms with E-state index < -0.39 is 11.7 Å². The van der Waals surface area contributed by atoms with Crippen molar-refractivity contribution < 1.29 is 14.6 Å². The topological polar surface area (TPSA) is 108 Å². The number of hydrogen-bond donors (Lipinski definition) is 4. The van der Waals surface area contributed by atoms with E-state index in [1.165, 1.54) is 0 Å². The van der Waals surface area contributed by atoms with Crippen LogP contribution in [0, 0.1) is 5.41 Å². The second-order valence-electron chi connectivity index (χ2n) is 6.30. The van der Waals surface area contributed by atoms with Crippen LogP contribution in [0.15, 0.2) is 18.2 Å². The number of aliphatic hydroxyl groups is 1. The van der Waals surface area contributed by atoms with Gasteiger partial charge in [-0.05, 0) is 45.4 Å². The van der Waals surface area contributed by atoms with Gasteiger partial charge in [-0.15, -0.1) is 0 Å². The Balaban J connectivity index is 2.67. The maximum Gasteiger partial charge on any atom is 0.407 e. The van der Waals surface area contributed by atoms with Crippen LogP contribution < -0.4 is 11.1 Å². The second kappa shape index (κ2) is 7.26. The van der Waals surface area contributed by atoms with E-state index in [4.69, 9.17) is 15.9 Å². The number of amides is 1. The van der Waals surface area contributed by atoms with Crippen molar-refractivity contribution in [1.82, 2.24) is 5.32 Å². The number of nitrogens with two attached hydrogens (primary N) is 1. The summed E-state index contributed by atoms with van der Waals surface area (Å²) in [6.45, 7) is 6.99. The number of hydrogen-bond acceptors (Lipinski definition) is 5. The van der Waals surface area contributed by atoms with Crippen LogP contribution >= 0.6 is 0 Å². The Hall–Kier alpha value is -2.08. The van der Waals surface area contributed by atoms with Gasteiger partial charge in [-0.3, -0.25) is 0 Å². The summed E-state index contributed by atoms with van der Waals surface area (Å²) in [4.78, 5) is 11.7. The van der Waals surface area contributed by atoms with Crippen molar-refractivity contribution in [3.63, 3.8) is 0 Å². The zero-order chi connectivity index (χ0) is 16.9. The van der Waals surface area contributed by atoms with Crippen LogP contribution in [0.1, 0.15) is 45.2 Å². The molecular formula is C16H25N3O3. The highest BCUT2D eigenvalue weighted by atomic mass is 16.6. The maximum atomic E-state index is 11.7. The molecule has 122 valence electrons. The van der Waals surface area contributed by atoms with Gasteiger partial charge in [0.2, 0.25) is 0 Å². The van der Waals surface area contributed by atoms with Gasteiger partial charge in [0.25, 0.3) is 0 Å². The Kier molecular flexibility index (Phi) is 5.93. The Morgan fingerprint density at radius 1 is 1.45 bits per heavy atom. The third kappa shape index (κ3) is 5.73. The van der Waals surface area contributed by atoms with Crippen LogP contribution in [-0.4, -0.2) is 28.6 Å². The van der Waals surface area contributed by atoms with Crippen LogP contribution in [0.3, 0.4) is 0 Å². The Morgan fingerprint density at radius 2 is 2.09 bits per heavy atom. The molecule has 5 N–H and O–H groups in total. The van der Waals surface area contributed by atoms with E-state index in [0.717, 1.165) is 0 Å². The number of ether oxygens (including phenoxy) is 1. The van der Waals surface area contributed by atoms with Gasteiger partial charge in [-0.1, -0.05) is 6.07 Å². The fourth-order valence-electron chi connectivity index (χ4n) is 2.01. The van der Waals surface area contributed by atoms with Crippen molar-refractivity contribution in [3.8, 4) is 0 Å². The molecule has 1 amide bonds. The lowest BCUT2D eigenvalue weighted by Gasteiger charge is -2.22. The molecule has 1 aromatic rings. The molecule has 1 rings (SSSR count). The third-order valence-electron chi connectivity index (χ3n) is 2.90. The van der Waals surface area contributed by atoms with E-state index in [2.05, 4.69) is 5.32 Å². The number of rotatable bonds is 5. The van der Waals surface area contributed by atoms with E-state index in [1.54, 1.807) is 45.9 Å². The molecule has 0 unspecified atom stereocenters. The minimum Gasteiger partial charge on any atom is -0.444 e. The molecule has 22 heavy (non-hydrogen) atoms. The van der Waals surface area contributed by atoms with Gasteiger partial charge in [0.15, 0.2) is 0 Å². The lowest BCUT2D eigenvalue weighted by atomic mass is 9.98. The predicted octanol–water partition coefficient (Wildman–Crippen LogP) is 2.43. The first-order valence-corrected chi connectivity index (χ1v) is 7.19. The largest absolute Gasteiger partial charge is 0.444 e. The monoisotopic (exact) mass is 307 g/mol. The van der Waals surface area contributed by atoms with Gasteiger partial charge in [0.05, 0.1) is 6.61 Å². The quantitative estimate of drug-likeness (QED) is 0.495.